The van der Waals surface area contributed by atoms with E-state index in [2.05, 4.69) is 11.6 Å². The molecular formula is C14H17F2N3O4S. The van der Waals surface area contributed by atoms with Gasteiger partial charge in [-0.25, -0.2) is 17.2 Å². The Labute approximate surface area is 138 Å². The Bertz CT molecular complexity index is 780. The van der Waals surface area contributed by atoms with Crippen molar-refractivity contribution in [3.8, 4) is 0 Å². The van der Waals surface area contributed by atoms with Gasteiger partial charge in [0.1, 0.15) is 18.3 Å². The largest absolute Gasteiger partial charge is 0.386 e. The minimum atomic E-state index is -4.39. The van der Waals surface area contributed by atoms with Crippen LogP contribution in [-0.2, 0) is 15.6 Å². The maximum Gasteiger partial charge on any atom is 0.269 e. The summed E-state index contributed by atoms with van der Waals surface area (Å²) in [5, 5.41) is 10.8. The van der Waals surface area contributed by atoms with Crippen LogP contribution in [0.5, 0.6) is 0 Å². The van der Waals surface area contributed by atoms with Gasteiger partial charge in [-0.3, -0.25) is 15.1 Å². The van der Waals surface area contributed by atoms with E-state index >= 15 is 0 Å². The van der Waals surface area contributed by atoms with E-state index in [0.717, 1.165) is 18.2 Å². The third-order valence-corrected chi connectivity index (χ3v) is 5.95. The number of non-ortho nitro benzene ring substituents is 1. The molecule has 1 unspecified atom stereocenters. The Balaban J connectivity index is 3.45. The van der Waals surface area contributed by atoms with Crippen LogP contribution in [0.2, 0.25) is 0 Å². The van der Waals surface area contributed by atoms with Crippen LogP contribution in [0, 0.1) is 15.9 Å². The molecule has 132 valence electrons. The van der Waals surface area contributed by atoms with Gasteiger partial charge >= 0.3 is 0 Å². The third kappa shape index (κ3) is 3.58. The average Bonchev–Trinajstić information content (AvgIpc) is 2.53. The van der Waals surface area contributed by atoms with Gasteiger partial charge in [-0.2, -0.15) is 0 Å². The molecule has 0 bridgehead atoms. The second kappa shape index (κ2) is 7.47. The summed E-state index contributed by atoms with van der Waals surface area (Å²) in [7, 11) is -3.19. The highest BCUT2D eigenvalue weighted by atomic mass is 32.2. The highest BCUT2D eigenvalue weighted by Gasteiger charge is 2.47. The molecule has 1 aromatic carbocycles. The number of sulfone groups is 1. The molecule has 0 radical (unpaired) electrons. The molecule has 0 aliphatic heterocycles. The van der Waals surface area contributed by atoms with E-state index in [1.807, 2.05) is 0 Å². The molecule has 0 aliphatic rings. The fraction of sp³-hybridized carbons (Fsp3) is 0.357. The van der Waals surface area contributed by atoms with Crippen molar-refractivity contribution in [2.75, 3.05) is 13.7 Å². The first-order valence-corrected chi connectivity index (χ1v) is 8.35. The highest BCUT2D eigenvalue weighted by molar-refractivity contribution is 7.92. The first-order chi connectivity index (χ1) is 11.1. The number of nitrogens with two attached hydrogens (primary N) is 1. The number of aliphatic imine (C=N–C) groups is 1. The number of alkyl halides is 1. The molecule has 10 heteroatoms. The van der Waals surface area contributed by atoms with Gasteiger partial charge in [0.05, 0.1) is 10.7 Å². The number of amidine groups is 1. The van der Waals surface area contributed by atoms with Gasteiger partial charge in [0.2, 0.25) is 0 Å². The number of hydrogen-bond acceptors (Lipinski definition) is 5. The second-order valence-corrected chi connectivity index (χ2v) is 7.32. The highest BCUT2D eigenvalue weighted by Crippen LogP contribution is 2.29. The topological polar surface area (TPSA) is 116 Å². The zero-order valence-corrected chi connectivity index (χ0v) is 13.7. The molecule has 0 spiro atoms. The third-order valence-electron chi connectivity index (χ3n) is 3.58. The van der Waals surface area contributed by atoms with Crippen LogP contribution in [-0.4, -0.2) is 37.6 Å². The molecule has 0 amide bonds. The summed E-state index contributed by atoms with van der Waals surface area (Å²) in [5.74, 6) is -2.40. The van der Waals surface area contributed by atoms with Crippen molar-refractivity contribution >= 4 is 21.4 Å². The van der Waals surface area contributed by atoms with Crippen LogP contribution < -0.4 is 5.73 Å². The SMILES string of the molecule is C=CCC(CF)(C(N)=NC)S(=O)(=O)Cc1cc([N+](=O)[O-])ccc1F. The van der Waals surface area contributed by atoms with Gasteiger partial charge in [0.15, 0.2) is 14.6 Å². The zero-order valence-electron chi connectivity index (χ0n) is 12.9. The van der Waals surface area contributed by atoms with Crippen LogP contribution in [0.25, 0.3) is 0 Å². The number of rotatable bonds is 8. The van der Waals surface area contributed by atoms with Crippen LogP contribution >= 0.6 is 0 Å². The van der Waals surface area contributed by atoms with Gasteiger partial charge in [-0.15, -0.1) is 6.58 Å². The normalized spacial score (nSPS) is 14.9. The summed E-state index contributed by atoms with van der Waals surface area (Å²) in [5.41, 5.74) is 4.66. The summed E-state index contributed by atoms with van der Waals surface area (Å²) in [6, 6.07) is 2.48. The minimum Gasteiger partial charge on any atom is -0.386 e. The van der Waals surface area contributed by atoms with Crippen molar-refractivity contribution in [2.45, 2.75) is 16.9 Å². The molecule has 7 nitrogen and oxygen atoms in total. The first-order valence-electron chi connectivity index (χ1n) is 6.70. The number of allylic oxidation sites excluding steroid dienone is 1. The Morgan fingerprint density at radius 3 is 2.62 bits per heavy atom. The van der Waals surface area contributed by atoms with E-state index in [-0.39, 0.29) is 6.42 Å². The first kappa shape index (κ1) is 19.7. The molecule has 1 atom stereocenters. The van der Waals surface area contributed by atoms with E-state index in [1.54, 1.807) is 0 Å². The Hall–Kier alpha value is -2.36. The molecule has 1 aromatic rings. The lowest BCUT2D eigenvalue weighted by molar-refractivity contribution is -0.385. The van der Waals surface area contributed by atoms with Gasteiger partial charge in [0.25, 0.3) is 5.69 Å². The fourth-order valence-electron chi connectivity index (χ4n) is 2.16. The average molecular weight is 361 g/mol. The lowest BCUT2D eigenvalue weighted by Gasteiger charge is -2.29. The summed E-state index contributed by atoms with van der Waals surface area (Å²) >= 11 is 0. The standard InChI is InChI=1S/C14H17F2N3O4S/c1-3-6-14(9-15,13(17)18-2)24(22,23)8-10-7-11(19(20)21)4-5-12(10)16/h3-5,7H,1,6,8-9H2,2H3,(H2,17,18). The van der Waals surface area contributed by atoms with Crippen LogP contribution in [0.1, 0.15) is 12.0 Å². The number of hydrogen-bond donors (Lipinski definition) is 1. The smallest absolute Gasteiger partial charge is 0.269 e. The number of nitro groups is 1. The summed E-state index contributed by atoms with van der Waals surface area (Å²) in [6.45, 7) is 1.99. The predicted octanol–water partition coefficient (Wildman–Crippen LogP) is 1.92. The van der Waals surface area contributed by atoms with E-state index in [9.17, 15) is 27.3 Å². The molecule has 2 N–H and O–H groups in total. The number of nitro benzene ring substituents is 1. The van der Waals surface area contributed by atoms with E-state index in [0.29, 0.717) is 0 Å². The second-order valence-electron chi connectivity index (χ2n) is 5.02. The van der Waals surface area contributed by atoms with Crippen molar-refractivity contribution in [2.24, 2.45) is 10.7 Å². The number of benzene rings is 1. The molecule has 0 aliphatic carbocycles. The zero-order chi connectivity index (χ0) is 18.5. The van der Waals surface area contributed by atoms with Crippen molar-refractivity contribution in [1.82, 2.24) is 0 Å². The number of nitrogens with zero attached hydrogens (tertiary/aromatic N) is 2. The van der Waals surface area contributed by atoms with Gasteiger partial charge in [0, 0.05) is 24.7 Å². The summed E-state index contributed by atoms with van der Waals surface area (Å²) in [6.07, 6.45) is 0.796. The fourth-order valence-corrected chi connectivity index (χ4v) is 4.02. The lowest BCUT2D eigenvalue weighted by Crippen LogP contribution is -2.52. The lowest BCUT2D eigenvalue weighted by atomic mass is 10.1. The van der Waals surface area contributed by atoms with E-state index in [1.165, 1.54) is 13.1 Å². The van der Waals surface area contributed by atoms with Crippen LogP contribution in [0.4, 0.5) is 14.5 Å². The maximum atomic E-state index is 13.9. The summed E-state index contributed by atoms with van der Waals surface area (Å²) < 4.78 is 50.7. The van der Waals surface area contributed by atoms with Crippen molar-refractivity contribution in [3.63, 3.8) is 0 Å². The Morgan fingerprint density at radius 2 is 2.17 bits per heavy atom. The molecule has 0 saturated heterocycles. The molecule has 0 aromatic heterocycles. The quantitative estimate of drug-likeness (QED) is 0.250. The van der Waals surface area contributed by atoms with Crippen LogP contribution in [0.15, 0.2) is 35.8 Å². The Morgan fingerprint density at radius 1 is 1.54 bits per heavy atom. The maximum absolute atomic E-state index is 13.9. The van der Waals surface area contributed by atoms with Gasteiger partial charge < -0.3 is 5.73 Å². The predicted molar refractivity (Wildman–Crippen MR) is 86.7 cm³/mol. The minimum absolute atomic E-state index is 0.369. The van der Waals surface area contributed by atoms with Gasteiger partial charge in [-0.05, 0) is 12.5 Å². The molecule has 0 heterocycles. The molecular weight excluding hydrogens is 344 g/mol. The monoisotopic (exact) mass is 361 g/mol. The summed E-state index contributed by atoms with van der Waals surface area (Å²) in [4.78, 5) is 13.5. The van der Waals surface area contributed by atoms with Gasteiger partial charge in [-0.1, -0.05) is 6.08 Å². The van der Waals surface area contributed by atoms with Crippen LogP contribution in [0.3, 0.4) is 0 Å². The molecule has 24 heavy (non-hydrogen) atoms. The molecule has 0 fully saturated rings. The number of halogens is 2. The molecule has 1 rings (SSSR count). The van der Waals surface area contributed by atoms with Crippen molar-refractivity contribution < 1.29 is 22.1 Å². The van der Waals surface area contributed by atoms with Crippen molar-refractivity contribution in [3.05, 3.63) is 52.3 Å². The molecule has 0 saturated carbocycles. The van der Waals surface area contributed by atoms with Crippen molar-refractivity contribution in [1.29, 1.82) is 0 Å². The van der Waals surface area contributed by atoms with E-state index in [4.69, 9.17) is 5.73 Å². The van der Waals surface area contributed by atoms with E-state index < -0.39 is 54.8 Å². The Kier molecular flexibility index (Phi) is 6.13.